The topological polar surface area (TPSA) is 80.6 Å². The molecular weight excluding hydrogens is 380 g/mol. The van der Waals surface area contributed by atoms with Crippen LogP contribution in [0.4, 0.5) is 0 Å². The summed E-state index contributed by atoms with van der Waals surface area (Å²) in [6.45, 7) is 4.12. The lowest BCUT2D eigenvalue weighted by Gasteiger charge is -2.17. The molecule has 2 aromatic carbocycles. The van der Waals surface area contributed by atoms with Gasteiger partial charge in [-0.15, -0.1) is 0 Å². The Hall–Kier alpha value is -3.80. The minimum atomic E-state index is -0.435. The van der Waals surface area contributed by atoms with Gasteiger partial charge in [0.05, 0.1) is 12.3 Å². The van der Waals surface area contributed by atoms with Crippen molar-refractivity contribution in [3.8, 4) is 5.75 Å². The van der Waals surface area contributed by atoms with Crippen LogP contribution in [0, 0.1) is 6.92 Å². The van der Waals surface area contributed by atoms with Gasteiger partial charge in [0.2, 0.25) is 0 Å². The summed E-state index contributed by atoms with van der Waals surface area (Å²) >= 11 is 0. The first-order valence-electron chi connectivity index (χ1n) is 9.63. The predicted molar refractivity (Wildman–Crippen MR) is 115 cm³/mol. The highest BCUT2D eigenvalue weighted by Gasteiger charge is 2.17. The normalized spacial score (nSPS) is 12.1. The molecule has 6 heteroatoms. The number of ether oxygens (including phenoxy) is 1. The molecule has 30 heavy (non-hydrogen) atoms. The maximum atomic E-state index is 12.8. The number of amides is 2. The Balaban J connectivity index is 1.65. The highest BCUT2D eigenvalue weighted by molar-refractivity contribution is 6.05. The van der Waals surface area contributed by atoms with Crippen molar-refractivity contribution in [2.75, 3.05) is 6.61 Å². The Labute approximate surface area is 175 Å². The second-order valence-corrected chi connectivity index (χ2v) is 6.89. The fourth-order valence-corrected chi connectivity index (χ4v) is 2.66. The molecule has 1 heterocycles. The minimum absolute atomic E-state index is 0.0842. The fourth-order valence-electron chi connectivity index (χ4n) is 2.66. The van der Waals surface area contributed by atoms with Crippen molar-refractivity contribution in [1.82, 2.24) is 10.6 Å². The SMILES string of the molecule is Cc1ccc(OC[C@H](C)NC(=O)/C(=C/c2ccco2)NC(=O)c2ccccc2)cc1. The second kappa shape index (κ2) is 10.1. The third-order valence-corrected chi connectivity index (χ3v) is 4.26. The standard InChI is InChI=1S/C24H24N2O4/c1-17-10-12-20(13-11-17)30-16-18(2)25-24(28)22(15-21-9-6-14-29-21)26-23(27)19-7-4-3-5-8-19/h3-15,18H,16H2,1-2H3,(H,25,28)(H,26,27)/b22-15-/t18-/m0/s1. The Bertz CT molecular complexity index is 993. The predicted octanol–water partition coefficient (Wildman–Crippen LogP) is 3.94. The van der Waals surface area contributed by atoms with Crippen LogP contribution in [0.15, 0.2) is 83.1 Å². The Morgan fingerprint density at radius 3 is 2.43 bits per heavy atom. The van der Waals surface area contributed by atoms with E-state index < -0.39 is 5.91 Å². The maximum absolute atomic E-state index is 12.8. The van der Waals surface area contributed by atoms with E-state index in [0.29, 0.717) is 11.3 Å². The molecule has 0 radical (unpaired) electrons. The van der Waals surface area contributed by atoms with E-state index in [1.54, 1.807) is 36.4 Å². The van der Waals surface area contributed by atoms with Gasteiger partial charge in [0.15, 0.2) is 0 Å². The van der Waals surface area contributed by atoms with Crippen LogP contribution in [0.2, 0.25) is 0 Å². The molecule has 0 fully saturated rings. The highest BCUT2D eigenvalue weighted by Crippen LogP contribution is 2.12. The molecule has 0 spiro atoms. The largest absolute Gasteiger partial charge is 0.491 e. The summed E-state index contributed by atoms with van der Waals surface area (Å²) in [6, 6.07) is 19.5. The Kier molecular flexibility index (Phi) is 7.05. The lowest BCUT2D eigenvalue weighted by Crippen LogP contribution is -2.41. The van der Waals surface area contributed by atoms with E-state index in [1.165, 1.54) is 12.3 Å². The van der Waals surface area contributed by atoms with Crippen LogP contribution in [0.25, 0.3) is 6.08 Å². The van der Waals surface area contributed by atoms with Crippen LogP contribution in [-0.2, 0) is 4.79 Å². The summed E-state index contributed by atoms with van der Waals surface area (Å²) in [4.78, 5) is 25.3. The van der Waals surface area contributed by atoms with Gasteiger partial charge in [-0.05, 0) is 50.2 Å². The van der Waals surface area contributed by atoms with Gasteiger partial charge >= 0.3 is 0 Å². The minimum Gasteiger partial charge on any atom is -0.491 e. The monoisotopic (exact) mass is 404 g/mol. The van der Waals surface area contributed by atoms with Gasteiger partial charge in [0, 0.05) is 11.6 Å². The summed E-state index contributed by atoms with van der Waals surface area (Å²) in [5, 5.41) is 5.51. The summed E-state index contributed by atoms with van der Waals surface area (Å²) in [6.07, 6.45) is 2.99. The number of carbonyl (C=O) groups is 2. The number of furan rings is 1. The van der Waals surface area contributed by atoms with Crippen LogP contribution in [-0.4, -0.2) is 24.5 Å². The van der Waals surface area contributed by atoms with Crippen molar-refractivity contribution in [2.24, 2.45) is 0 Å². The van der Waals surface area contributed by atoms with Crippen LogP contribution in [0.1, 0.15) is 28.6 Å². The third-order valence-electron chi connectivity index (χ3n) is 4.26. The van der Waals surface area contributed by atoms with Gasteiger partial charge in [0.1, 0.15) is 23.8 Å². The van der Waals surface area contributed by atoms with Gasteiger partial charge < -0.3 is 19.8 Å². The van der Waals surface area contributed by atoms with Crippen LogP contribution >= 0.6 is 0 Å². The lowest BCUT2D eigenvalue weighted by molar-refractivity contribution is -0.118. The third kappa shape index (κ3) is 6.10. The number of carbonyl (C=O) groups excluding carboxylic acids is 2. The molecule has 0 bridgehead atoms. The van der Waals surface area contributed by atoms with E-state index in [-0.39, 0.29) is 24.3 Å². The zero-order chi connectivity index (χ0) is 21.3. The molecule has 1 aromatic heterocycles. The first kappa shape index (κ1) is 20.9. The quantitative estimate of drug-likeness (QED) is 0.557. The fraction of sp³-hybridized carbons (Fsp3) is 0.167. The molecule has 2 amide bonds. The Morgan fingerprint density at radius 1 is 1.03 bits per heavy atom. The summed E-state index contributed by atoms with van der Waals surface area (Å²) < 4.78 is 11.0. The average Bonchev–Trinajstić information content (AvgIpc) is 3.26. The van der Waals surface area contributed by atoms with Crippen molar-refractivity contribution in [1.29, 1.82) is 0 Å². The van der Waals surface area contributed by atoms with Crippen molar-refractivity contribution >= 4 is 17.9 Å². The van der Waals surface area contributed by atoms with Crippen molar-refractivity contribution in [3.63, 3.8) is 0 Å². The van der Waals surface area contributed by atoms with Gasteiger partial charge in [-0.3, -0.25) is 9.59 Å². The molecule has 0 unspecified atom stereocenters. The average molecular weight is 404 g/mol. The van der Waals surface area contributed by atoms with Crippen LogP contribution < -0.4 is 15.4 Å². The molecule has 0 aliphatic carbocycles. The van der Waals surface area contributed by atoms with Gasteiger partial charge in [-0.1, -0.05) is 35.9 Å². The molecule has 0 aliphatic rings. The number of hydrogen-bond donors (Lipinski definition) is 2. The molecule has 0 saturated heterocycles. The van der Waals surface area contributed by atoms with E-state index in [0.717, 1.165) is 11.3 Å². The molecule has 1 atom stereocenters. The zero-order valence-corrected chi connectivity index (χ0v) is 16.9. The summed E-state index contributed by atoms with van der Waals surface area (Å²) in [5.74, 6) is 0.366. The van der Waals surface area contributed by atoms with Crippen LogP contribution in [0.3, 0.4) is 0 Å². The zero-order valence-electron chi connectivity index (χ0n) is 16.9. The van der Waals surface area contributed by atoms with Crippen LogP contribution in [0.5, 0.6) is 5.75 Å². The molecule has 0 aliphatic heterocycles. The Morgan fingerprint density at radius 2 is 1.77 bits per heavy atom. The second-order valence-electron chi connectivity index (χ2n) is 6.89. The summed E-state index contributed by atoms with van der Waals surface area (Å²) in [7, 11) is 0. The molecule has 2 N–H and O–H groups in total. The van der Waals surface area contributed by atoms with E-state index in [1.807, 2.05) is 44.2 Å². The molecule has 3 rings (SSSR count). The van der Waals surface area contributed by atoms with Crippen molar-refractivity contribution in [3.05, 3.63) is 95.6 Å². The van der Waals surface area contributed by atoms with Gasteiger partial charge in [0.25, 0.3) is 11.8 Å². The molecule has 6 nitrogen and oxygen atoms in total. The van der Waals surface area contributed by atoms with Gasteiger partial charge in [-0.25, -0.2) is 0 Å². The first-order chi connectivity index (χ1) is 14.5. The summed E-state index contributed by atoms with van der Waals surface area (Å²) in [5.41, 5.74) is 1.68. The number of benzene rings is 2. The number of hydrogen-bond acceptors (Lipinski definition) is 4. The molecule has 3 aromatic rings. The molecule has 0 saturated carbocycles. The lowest BCUT2D eigenvalue weighted by atomic mass is 10.2. The van der Waals surface area contributed by atoms with Crippen molar-refractivity contribution in [2.45, 2.75) is 19.9 Å². The highest BCUT2D eigenvalue weighted by atomic mass is 16.5. The maximum Gasteiger partial charge on any atom is 0.268 e. The molecule has 154 valence electrons. The first-order valence-corrected chi connectivity index (χ1v) is 9.63. The van der Waals surface area contributed by atoms with E-state index in [4.69, 9.17) is 9.15 Å². The van der Waals surface area contributed by atoms with E-state index in [2.05, 4.69) is 10.6 Å². The number of nitrogens with one attached hydrogen (secondary N) is 2. The van der Waals surface area contributed by atoms with E-state index in [9.17, 15) is 9.59 Å². The van der Waals surface area contributed by atoms with E-state index >= 15 is 0 Å². The number of aryl methyl sites for hydroxylation is 1. The smallest absolute Gasteiger partial charge is 0.268 e. The van der Waals surface area contributed by atoms with Crippen molar-refractivity contribution < 1.29 is 18.7 Å². The van der Waals surface area contributed by atoms with Gasteiger partial charge in [-0.2, -0.15) is 0 Å². The molecular formula is C24H24N2O4. The number of rotatable bonds is 8.